The highest BCUT2D eigenvalue weighted by molar-refractivity contribution is 5.18. The van der Waals surface area contributed by atoms with Crippen LogP contribution in [0.15, 0.2) is 18.2 Å². The van der Waals surface area contributed by atoms with Crippen LogP contribution in [0.2, 0.25) is 0 Å². The minimum atomic E-state index is -0.494. The minimum Gasteiger partial charge on any atom is -0.328 e. The molecule has 2 atom stereocenters. The zero-order valence-electron chi connectivity index (χ0n) is 10.3. The van der Waals surface area contributed by atoms with E-state index in [2.05, 4.69) is 4.90 Å². The summed E-state index contributed by atoms with van der Waals surface area (Å²) in [6.45, 7) is 0.636. The summed E-state index contributed by atoms with van der Waals surface area (Å²) in [6, 6.07) is 5.05. The molecular formula is C14H18F2N2. The van der Waals surface area contributed by atoms with Crippen molar-refractivity contribution in [1.29, 1.82) is 0 Å². The highest BCUT2D eigenvalue weighted by Gasteiger charge is 2.39. The maximum Gasteiger partial charge on any atom is 0.126 e. The standard InChI is InChI=1S/C14H18F2N2/c15-10-3-9(4-11(16)5-10)8-18-13-1-2-14(18)7-12(17)6-13/h3-5,12-14H,1-2,6-8,17H2. The van der Waals surface area contributed by atoms with Crippen molar-refractivity contribution in [3.63, 3.8) is 0 Å². The highest BCUT2D eigenvalue weighted by atomic mass is 19.1. The summed E-state index contributed by atoms with van der Waals surface area (Å²) in [5, 5.41) is 0. The lowest BCUT2D eigenvalue weighted by Gasteiger charge is -2.37. The van der Waals surface area contributed by atoms with Gasteiger partial charge in [-0.3, -0.25) is 4.90 Å². The molecule has 0 aliphatic carbocycles. The molecule has 2 aliphatic rings. The fraction of sp³-hybridized carbons (Fsp3) is 0.571. The van der Waals surface area contributed by atoms with E-state index in [1.165, 1.54) is 12.1 Å². The van der Waals surface area contributed by atoms with E-state index in [1.54, 1.807) is 0 Å². The zero-order chi connectivity index (χ0) is 12.7. The van der Waals surface area contributed by atoms with Gasteiger partial charge in [-0.1, -0.05) is 0 Å². The van der Waals surface area contributed by atoms with Gasteiger partial charge in [-0.2, -0.15) is 0 Å². The molecule has 2 bridgehead atoms. The second-order valence-electron chi connectivity index (χ2n) is 5.57. The van der Waals surface area contributed by atoms with Crippen LogP contribution in [0.3, 0.4) is 0 Å². The zero-order valence-corrected chi connectivity index (χ0v) is 10.3. The minimum absolute atomic E-state index is 0.294. The quantitative estimate of drug-likeness (QED) is 0.876. The molecule has 2 saturated heterocycles. The van der Waals surface area contributed by atoms with E-state index in [-0.39, 0.29) is 0 Å². The van der Waals surface area contributed by atoms with Crippen molar-refractivity contribution >= 4 is 0 Å². The number of benzene rings is 1. The van der Waals surface area contributed by atoms with Crippen molar-refractivity contribution in [3.05, 3.63) is 35.4 Å². The summed E-state index contributed by atoms with van der Waals surface area (Å²) in [5.41, 5.74) is 6.73. The molecule has 0 spiro atoms. The van der Waals surface area contributed by atoms with Gasteiger partial charge in [0.25, 0.3) is 0 Å². The average molecular weight is 252 g/mol. The molecule has 2 N–H and O–H groups in total. The van der Waals surface area contributed by atoms with E-state index in [0.717, 1.165) is 37.3 Å². The predicted molar refractivity (Wildman–Crippen MR) is 65.9 cm³/mol. The molecule has 0 amide bonds. The maximum atomic E-state index is 13.2. The van der Waals surface area contributed by atoms with Crippen LogP contribution >= 0.6 is 0 Å². The van der Waals surface area contributed by atoms with Gasteiger partial charge in [0, 0.05) is 30.7 Å². The van der Waals surface area contributed by atoms with E-state index in [0.29, 0.717) is 24.7 Å². The molecule has 2 fully saturated rings. The van der Waals surface area contributed by atoms with E-state index in [1.807, 2.05) is 0 Å². The molecule has 18 heavy (non-hydrogen) atoms. The lowest BCUT2D eigenvalue weighted by Crippen LogP contribution is -2.46. The van der Waals surface area contributed by atoms with E-state index in [9.17, 15) is 8.78 Å². The monoisotopic (exact) mass is 252 g/mol. The molecule has 0 saturated carbocycles. The van der Waals surface area contributed by atoms with Crippen LogP contribution < -0.4 is 5.73 Å². The Labute approximate surface area is 106 Å². The van der Waals surface area contributed by atoms with Crippen molar-refractivity contribution in [3.8, 4) is 0 Å². The van der Waals surface area contributed by atoms with Crippen molar-refractivity contribution in [1.82, 2.24) is 4.90 Å². The van der Waals surface area contributed by atoms with E-state index >= 15 is 0 Å². The smallest absolute Gasteiger partial charge is 0.126 e. The van der Waals surface area contributed by atoms with Crippen molar-refractivity contribution < 1.29 is 8.78 Å². The van der Waals surface area contributed by atoms with Crippen LogP contribution in [0.4, 0.5) is 8.78 Å². The third kappa shape index (κ3) is 2.27. The summed E-state index contributed by atoms with van der Waals surface area (Å²) in [5.74, 6) is -0.989. The van der Waals surface area contributed by atoms with Crippen molar-refractivity contribution in [2.75, 3.05) is 0 Å². The molecular weight excluding hydrogens is 234 g/mol. The van der Waals surface area contributed by atoms with Gasteiger partial charge in [0.15, 0.2) is 0 Å². The normalized spacial score (nSPS) is 31.8. The lowest BCUT2D eigenvalue weighted by molar-refractivity contribution is 0.119. The largest absolute Gasteiger partial charge is 0.328 e. The van der Waals surface area contributed by atoms with Gasteiger partial charge in [0.2, 0.25) is 0 Å². The third-order valence-corrected chi connectivity index (χ3v) is 4.21. The Morgan fingerprint density at radius 3 is 2.17 bits per heavy atom. The number of fused-ring (bicyclic) bond motifs is 2. The topological polar surface area (TPSA) is 29.3 Å². The van der Waals surface area contributed by atoms with Crippen LogP contribution in [0.25, 0.3) is 0 Å². The first-order chi connectivity index (χ1) is 8.61. The Hall–Kier alpha value is -1.00. The third-order valence-electron chi connectivity index (χ3n) is 4.21. The number of halogens is 2. The second kappa shape index (κ2) is 4.59. The Morgan fingerprint density at radius 2 is 1.61 bits per heavy atom. The predicted octanol–water partition coefficient (Wildman–Crippen LogP) is 2.42. The molecule has 4 heteroatoms. The Morgan fingerprint density at radius 1 is 1.06 bits per heavy atom. The number of piperidine rings is 1. The molecule has 1 aromatic rings. The summed E-state index contributed by atoms with van der Waals surface area (Å²) >= 11 is 0. The SMILES string of the molecule is NC1CC2CCC(C1)N2Cc1cc(F)cc(F)c1. The van der Waals surface area contributed by atoms with Crippen molar-refractivity contribution in [2.24, 2.45) is 5.73 Å². The molecule has 2 nitrogen and oxygen atoms in total. The van der Waals surface area contributed by atoms with Crippen molar-refractivity contribution in [2.45, 2.75) is 50.4 Å². The van der Waals surface area contributed by atoms with Gasteiger partial charge >= 0.3 is 0 Å². The van der Waals surface area contributed by atoms with Crippen LogP contribution in [0.5, 0.6) is 0 Å². The first-order valence-corrected chi connectivity index (χ1v) is 6.58. The highest BCUT2D eigenvalue weighted by Crippen LogP contribution is 2.36. The second-order valence-corrected chi connectivity index (χ2v) is 5.57. The summed E-state index contributed by atoms with van der Waals surface area (Å²) in [4.78, 5) is 2.37. The van der Waals surface area contributed by atoms with Gasteiger partial charge in [-0.05, 0) is 43.4 Å². The van der Waals surface area contributed by atoms with E-state index < -0.39 is 11.6 Å². The Kier molecular flexibility index (Phi) is 3.08. The van der Waals surface area contributed by atoms with Crippen LogP contribution in [0, 0.1) is 11.6 Å². The lowest BCUT2D eigenvalue weighted by atomic mass is 9.97. The fourth-order valence-electron chi connectivity index (χ4n) is 3.49. The molecule has 3 rings (SSSR count). The molecule has 0 radical (unpaired) electrons. The Bertz CT molecular complexity index is 415. The first kappa shape index (κ1) is 12.1. The fourth-order valence-corrected chi connectivity index (χ4v) is 3.49. The average Bonchev–Trinajstić information content (AvgIpc) is 2.53. The van der Waals surface area contributed by atoms with Gasteiger partial charge in [-0.15, -0.1) is 0 Å². The van der Waals surface area contributed by atoms with Gasteiger partial charge in [0.05, 0.1) is 0 Å². The number of hydrogen-bond acceptors (Lipinski definition) is 2. The number of hydrogen-bond donors (Lipinski definition) is 1. The van der Waals surface area contributed by atoms with Crippen LogP contribution in [-0.2, 0) is 6.54 Å². The summed E-state index contributed by atoms with van der Waals surface area (Å²) < 4.78 is 26.4. The molecule has 1 aromatic carbocycles. The summed E-state index contributed by atoms with van der Waals surface area (Å²) in [7, 11) is 0. The maximum absolute atomic E-state index is 13.2. The Balaban J connectivity index is 1.77. The molecule has 2 heterocycles. The molecule has 0 aromatic heterocycles. The number of nitrogens with two attached hydrogens (primary N) is 1. The van der Waals surface area contributed by atoms with Gasteiger partial charge < -0.3 is 5.73 Å². The number of nitrogens with zero attached hydrogens (tertiary/aromatic N) is 1. The molecule has 2 unspecified atom stereocenters. The van der Waals surface area contributed by atoms with E-state index in [4.69, 9.17) is 5.73 Å². The van der Waals surface area contributed by atoms with Gasteiger partial charge in [-0.25, -0.2) is 8.78 Å². The van der Waals surface area contributed by atoms with Gasteiger partial charge in [0.1, 0.15) is 11.6 Å². The molecule has 98 valence electrons. The first-order valence-electron chi connectivity index (χ1n) is 6.58. The molecule has 2 aliphatic heterocycles. The van der Waals surface area contributed by atoms with Crippen LogP contribution in [-0.4, -0.2) is 23.0 Å². The van der Waals surface area contributed by atoms with Crippen LogP contribution in [0.1, 0.15) is 31.2 Å². The number of rotatable bonds is 2. The summed E-state index contributed by atoms with van der Waals surface area (Å²) in [6.07, 6.45) is 4.34.